The lowest BCUT2D eigenvalue weighted by atomic mass is 10.0. The highest BCUT2D eigenvalue weighted by Crippen LogP contribution is 2.25. The molecule has 90 valence electrons. The lowest BCUT2D eigenvalue weighted by Crippen LogP contribution is -2.57. The van der Waals surface area contributed by atoms with Crippen LogP contribution in [-0.4, -0.2) is 57.9 Å². The molecule has 5 nitrogen and oxygen atoms in total. The van der Waals surface area contributed by atoms with Gasteiger partial charge in [-0.15, -0.1) is 0 Å². The maximum Gasteiger partial charge on any atom is 0.186 e. The van der Waals surface area contributed by atoms with Crippen LogP contribution in [0.3, 0.4) is 0 Å². The topological polar surface area (TPSA) is 79.2 Å². The van der Waals surface area contributed by atoms with E-state index in [4.69, 9.17) is 14.6 Å². The van der Waals surface area contributed by atoms with Crippen molar-refractivity contribution in [3.8, 4) is 0 Å². The molecule has 3 N–H and O–H groups in total. The van der Waals surface area contributed by atoms with Crippen LogP contribution in [-0.2, 0) is 9.47 Å². The van der Waals surface area contributed by atoms with E-state index in [2.05, 4.69) is 12.6 Å². The molecule has 0 saturated carbocycles. The van der Waals surface area contributed by atoms with Crippen molar-refractivity contribution in [1.82, 2.24) is 0 Å². The number of aliphatic hydroxyl groups is 3. The van der Waals surface area contributed by atoms with Crippen LogP contribution in [0.4, 0.5) is 0 Å². The van der Waals surface area contributed by atoms with Gasteiger partial charge >= 0.3 is 0 Å². The Labute approximate surface area is 94.4 Å². The van der Waals surface area contributed by atoms with Gasteiger partial charge in [0.1, 0.15) is 6.10 Å². The maximum absolute atomic E-state index is 9.64. The van der Waals surface area contributed by atoms with Crippen molar-refractivity contribution in [3.63, 3.8) is 0 Å². The SMILES string of the molecule is CC(C)O[C@H]1O[C@H](CO)[C@H](S)[C@H](O)[C@H]1O. The van der Waals surface area contributed by atoms with Gasteiger partial charge in [-0.05, 0) is 13.8 Å². The zero-order valence-electron chi connectivity index (χ0n) is 8.78. The van der Waals surface area contributed by atoms with Crippen molar-refractivity contribution in [2.45, 2.75) is 49.8 Å². The van der Waals surface area contributed by atoms with Gasteiger partial charge in [0.05, 0.1) is 30.2 Å². The third kappa shape index (κ3) is 3.05. The molecule has 0 aromatic heterocycles. The van der Waals surface area contributed by atoms with Gasteiger partial charge in [-0.25, -0.2) is 0 Å². The van der Waals surface area contributed by atoms with Crippen LogP contribution in [0.15, 0.2) is 0 Å². The Bertz CT molecular complexity index is 199. The highest BCUT2D eigenvalue weighted by Gasteiger charge is 2.43. The van der Waals surface area contributed by atoms with E-state index in [-0.39, 0.29) is 12.7 Å². The second kappa shape index (κ2) is 5.47. The molecule has 1 saturated heterocycles. The largest absolute Gasteiger partial charge is 0.394 e. The summed E-state index contributed by atoms with van der Waals surface area (Å²) in [4.78, 5) is 0. The minimum atomic E-state index is -1.14. The van der Waals surface area contributed by atoms with Gasteiger partial charge < -0.3 is 24.8 Å². The molecule has 1 aliphatic rings. The normalized spacial score (nSPS) is 42.2. The molecule has 15 heavy (non-hydrogen) atoms. The number of hydrogen-bond donors (Lipinski definition) is 4. The first-order valence-corrected chi connectivity index (χ1v) is 5.45. The summed E-state index contributed by atoms with van der Waals surface area (Å²) < 4.78 is 10.6. The number of aliphatic hydroxyl groups excluding tert-OH is 3. The predicted molar refractivity (Wildman–Crippen MR) is 56.8 cm³/mol. The van der Waals surface area contributed by atoms with E-state index < -0.39 is 29.9 Å². The molecule has 1 rings (SSSR count). The van der Waals surface area contributed by atoms with Gasteiger partial charge in [-0.3, -0.25) is 0 Å². The van der Waals surface area contributed by atoms with Crippen LogP contribution in [0.25, 0.3) is 0 Å². The molecule has 0 spiro atoms. The van der Waals surface area contributed by atoms with Gasteiger partial charge in [0.2, 0.25) is 0 Å². The highest BCUT2D eigenvalue weighted by molar-refractivity contribution is 7.81. The van der Waals surface area contributed by atoms with E-state index in [1.54, 1.807) is 13.8 Å². The Morgan fingerprint density at radius 1 is 1.33 bits per heavy atom. The van der Waals surface area contributed by atoms with Crippen molar-refractivity contribution in [3.05, 3.63) is 0 Å². The lowest BCUT2D eigenvalue weighted by Gasteiger charge is -2.40. The standard InChI is InChI=1S/C9H18O5S/c1-4(2)13-9-7(12)6(11)8(15)5(3-10)14-9/h4-12,15H,3H2,1-2H3/t5-,6-,7-,8+,9+/m1/s1. The average molecular weight is 238 g/mol. The molecule has 1 fully saturated rings. The Morgan fingerprint density at radius 2 is 1.93 bits per heavy atom. The Hall–Kier alpha value is 0.150. The van der Waals surface area contributed by atoms with Crippen LogP contribution in [0.2, 0.25) is 0 Å². The molecule has 0 radical (unpaired) electrons. The first kappa shape index (κ1) is 13.2. The number of ether oxygens (including phenoxy) is 2. The summed E-state index contributed by atoms with van der Waals surface area (Å²) in [6, 6.07) is 0. The summed E-state index contributed by atoms with van der Waals surface area (Å²) in [7, 11) is 0. The fourth-order valence-corrected chi connectivity index (χ4v) is 1.79. The number of hydrogen-bond acceptors (Lipinski definition) is 6. The van der Waals surface area contributed by atoms with Crippen molar-refractivity contribution in [1.29, 1.82) is 0 Å². The van der Waals surface area contributed by atoms with E-state index in [0.29, 0.717) is 0 Å². The molecule has 1 aliphatic heterocycles. The Balaban J connectivity index is 2.65. The van der Waals surface area contributed by atoms with Crippen LogP contribution in [0.1, 0.15) is 13.8 Å². The van der Waals surface area contributed by atoms with Crippen molar-refractivity contribution < 1.29 is 24.8 Å². The molecular weight excluding hydrogens is 220 g/mol. The van der Waals surface area contributed by atoms with E-state index in [1.165, 1.54) is 0 Å². The summed E-state index contributed by atoms with van der Waals surface area (Å²) in [6.45, 7) is 3.32. The molecule has 1 heterocycles. The van der Waals surface area contributed by atoms with Gasteiger partial charge in [-0.2, -0.15) is 12.6 Å². The lowest BCUT2D eigenvalue weighted by molar-refractivity contribution is -0.277. The Kier molecular flexibility index (Phi) is 4.82. The van der Waals surface area contributed by atoms with Crippen LogP contribution < -0.4 is 0 Å². The molecule has 0 amide bonds. The summed E-state index contributed by atoms with van der Waals surface area (Å²) in [5.41, 5.74) is 0. The summed E-state index contributed by atoms with van der Waals surface area (Å²) >= 11 is 4.07. The number of rotatable bonds is 3. The Morgan fingerprint density at radius 3 is 2.40 bits per heavy atom. The average Bonchev–Trinajstić information content (AvgIpc) is 2.18. The summed E-state index contributed by atoms with van der Waals surface area (Å²) in [5.74, 6) is 0. The summed E-state index contributed by atoms with van der Waals surface area (Å²) in [5, 5.41) is 27.7. The second-order valence-electron chi connectivity index (χ2n) is 3.88. The predicted octanol–water partition coefficient (Wildman–Crippen LogP) is -0.851. The van der Waals surface area contributed by atoms with Gasteiger partial charge in [0, 0.05) is 0 Å². The van der Waals surface area contributed by atoms with Crippen LogP contribution in [0, 0.1) is 0 Å². The first-order valence-electron chi connectivity index (χ1n) is 4.93. The fraction of sp³-hybridized carbons (Fsp3) is 1.00. The molecule has 0 unspecified atom stereocenters. The maximum atomic E-state index is 9.64. The third-order valence-corrected chi connectivity index (χ3v) is 2.89. The van der Waals surface area contributed by atoms with Crippen LogP contribution in [0.5, 0.6) is 0 Å². The van der Waals surface area contributed by atoms with Crippen molar-refractivity contribution >= 4 is 12.6 Å². The highest BCUT2D eigenvalue weighted by atomic mass is 32.1. The van der Waals surface area contributed by atoms with Crippen molar-refractivity contribution in [2.75, 3.05) is 6.61 Å². The molecule has 0 aromatic rings. The first-order chi connectivity index (χ1) is 6.97. The van der Waals surface area contributed by atoms with Gasteiger partial charge in [0.15, 0.2) is 6.29 Å². The zero-order chi connectivity index (χ0) is 11.6. The molecule has 6 heteroatoms. The van der Waals surface area contributed by atoms with E-state index in [9.17, 15) is 10.2 Å². The van der Waals surface area contributed by atoms with E-state index in [0.717, 1.165) is 0 Å². The quantitative estimate of drug-likeness (QED) is 0.482. The molecule has 5 atom stereocenters. The molecule has 0 aliphatic carbocycles. The summed E-state index contributed by atoms with van der Waals surface area (Å²) in [6.07, 6.45) is -3.88. The fourth-order valence-electron chi connectivity index (χ4n) is 1.45. The monoisotopic (exact) mass is 238 g/mol. The van der Waals surface area contributed by atoms with Gasteiger partial charge in [-0.1, -0.05) is 0 Å². The smallest absolute Gasteiger partial charge is 0.186 e. The minimum absolute atomic E-state index is 0.132. The molecule has 0 bridgehead atoms. The molecule has 0 aromatic carbocycles. The second-order valence-corrected chi connectivity index (χ2v) is 4.48. The van der Waals surface area contributed by atoms with Gasteiger partial charge in [0.25, 0.3) is 0 Å². The zero-order valence-corrected chi connectivity index (χ0v) is 9.67. The minimum Gasteiger partial charge on any atom is -0.394 e. The number of thiol groups is 1. The third-order valence-electron chi connectivity index (χ3n) is 2.25. The van der Waals surface area contributed by atoms with E-state index in [1.807, 2.05) is 0 Å². The molecular formula is C9H18O5S. The van der Waals surface area contributed by atoms with Crippen molar-refractivity contribution in [2.24, 2.45) is 0 Å². The van der Waals surface area contributed by atoms with E-state index >= 15 is 0 Å². The van der Waals surface area contributed by atoms with Crippen LogP contribution >= 0.6 is 12.6 Å².